The van der Waals surface area contributed by atoms with E-state index >= 15 is 0 Å². The highest BCUT2D eigenvalue weighted by atomic mass is 16.3. The van der Waals surface area contributed by atoms with Crippen LogP contribution in [0.15, 0.2) is 12.2 Å². The van der Waals surface area contributed by atoms with E-state index in [9.17, 15) is 0 Å². The number of aliphatic hydroxyl groups excluding tert-OH is 1. The molecule has 1 N–H and O–H groups in total. The van der Waals surface area contributed by atoms with Gasteiger partial charge in [0.05, 0.1) is 6.10 Å². The van der Waals surface area contributed by atoms with Crippen molar-refractivity contribution in [1.29, 1.82) is 0 Å². The lowest BCUT2D eigenvalue weighted by Gasteiger charge is -2.00. The Morgan fingerprint density at radius 2 is 2.25 bits per heavy atom. The summed E-state index contributed by atoms with van der Waals surface area (Å²) >= 11 is 0. The molecule has 0 aliphatic heterocycles. The minimum absolute atomic E-state index is 0.174. The lowest BCUT2D eigenvalue weighted by Crippen LogP contribution is -1.98. The second-order valence-corrected chi connectivity index (χ2v) is 2.34. The summed E-state index contributed by atoms with van der Waals surface area (Å²) in [5.74, 6) is 0. The fraction of sp³-hybridized carbons (Fsp3) is 0.714. The zero-order valence-corrected chi connectivity index (χ0v) is 5.65. The van der Waals surface area contributed by atoms with Crippen molar-refractivity contribution in [3.8, 4) is 0 Å². The van der Waals surface area contributed by atoms with Gasteiger partial charge < -0.3 is 5.11 Å². The molecule has 0 aromatic rings. The van der Waals surface area contributed by atoms with Crippen molar-refractivity contribution >= 4 is 0 Å². The second-order valence-electron chi connectivity index (χ2n) is 2.34. The van der Waals surface area contributed by atoms with Gasteiger partial charge in [-0.1, -0.05) is 5.57 Å². The first kappa shape index (κ1) is 7.70. The van der Waals surface area contributed by atoms with E-state index in [-0.39, 0.29) is 6.10 Å². The Bertz CT molecular complexity index is 74.5. The molecule has 1 nitrogen and oxygen atoms in total. The molecule has 1 atom stereocenters. The quantitative estimate of drug-likeness (QED) is 0.554. The summed E-state index contributed by atoms with van der Waals surface area (Å²) < 4.78 is 0. The van der Waals surface area contributed by atoms with Crippen molar-refractivity contribution in [2.75, 3.05) is 0 Å². The van der Waals surface area contributed by atoms with Crippen LogP contribution in [-0.2, 0) is 0 Å². The fourth-order valence-electron chi connectivity index (χ4n) is 0.455. The van der Waals surface area contributed by atoms with Crippen LogP contribution < -0.4 is 0 Å². The van der Waals surface area contributed by atoms with Gasteiger partial charge in [0.1, 0.15) is 0 Å². The predicted octanol–water partition coefficient (Wildman–Crippen LogP) is 1.72. The van der Waals surface area contributed by atoms with E-state index in [1.54, 1.807) is 6.92 Å². The highest BCUT2D eigenvalue weighted by molar-refractivity contribution is 4.87. The number of hydrogen-bond donors (Lipinski definition) is 1. The summed E-state index contributed by atoms with van der Waals surface area (Å²) in [4.78, 5) is 0. The molecule has 0 saturated carbocycles. The molecule has 0 rings (SSSR count). The summed E-state index contributed by atoms with van der Waals surface area (Å²) in [6.07, 6.45) is 1.61. The van der Waals surface area contributed by atoms with Crippen molar-refractivity contribution in [3.63, 3.8) is 0 Å². The van der Waals surface area contributed by atoms with E-state index in [2.05, 4.69) is 6.58 Å². The summed E-state index contributed by atoms with van der Waals surface area (Å²) in [5, 5.41) is 8.76. The van der Waals surface area contributed by atoms with E-state index in [0.717, 1.165) is 18.4 Å². The molecule has 48 valence electrons. The zero-order chi connectivity index (χ0) is 6.57. The molecule has 0 amide bonds. The molecule has 0 aliphatic rings. The first-order valence-corrected chi connectivity index (χ1v) is 2.95. The van der Waals surface area contributed by atoms with E-state index < -0.39 is 0 Å². The molecule has 0 spiro atoms. The zero-order valence-electron chi connectivity index (χ0n) is 5.65. The Labute approximate surface area is 51.0 Å². The average molecular weight is 114 g/mol. The predicted molar refractivity (Wildman–Crippen MR) is 35.7 cm³/mol. The SMILES string of the molecule is C=C(C)CC[C@H](C)O. The minimum Gasteiger partial charge on any atom is -0.393 e. The van der Waals surface area contributed by atoms with Gasteiger partial charge in [-0.05, 0) is 26.7 Å². The Morgan fingerprint density at radius 1 is 1.75 bits per heavy atom. The number of hydrogen-bond acceptors (Lipinski definition) is 1. The van der Waals surface area contributed by atoms with Crippen LogP contribution in [0, 0.1) is 0 Å². The van der Waals surface area contributed by atoms with Crippen molar-refractivity contribution < 1.29 is 5.11 Å². The lowest BCUT2D eigenvalue weighted by atomic mass is 10.1. The van der Waals surface area contributed by atoms with Gasteiger partial charge in [0.15, 0.2) is 0 Å². The molecule has 0 fully saturated rings. The van der Waals surface area contributed by atoms with Crippen molar-refractivity contribution in [1.82, 2.24) is 0 Å². The van der Waals surface area contributed by atoms with Crippen LogP contribution in [0.5, 0.6) is 0 Å². The molecule has 0 radical (unpaired) electrons. The van der Waals surface area contributed by atoms with Crippen molar-refractivity contribution in [3.05, 3.63) is 12.2 Å². The Balaban J connectivity index is 3.05. The maximum atomic E-state index is 8.76. The summed E-state index contributed by atoms with van der Waals surface area (Å²) in [5.41, 5.74) is 1.14. The van der Waals surface area contributed by atoms with Crippen molar-refractivity contribution in [2.45, 2.75) is 32.8 Å². The molecule has 0 saturated heterocycles. The largest absolute Gasteiger partial charge is 0.393 e. The first-order chi connectivity index (χ1) is 3.63. The maximum Gasteiger partial charge on any atom is 0.0515 e. The molecule has 0 heterocycles. The lowest BCUT2D eigenvalue weighted by molar-refractivity contribution is 0.185. The van der Waals surface area contributed by atoms with Crippen LogP contribution in [0.3, 0.4) is 0 Å². The van der Waals surface area contributed by atoms with E-state index in [0.29, 0.717) is 0 Å². The van der Waals surface area contributed by atoms with Gasteiger partial charge in [0, 0.05) is 0 Å². The van der Waals surface area contributed by atoms with Gasteiger partial charge in [-0.25, -0.2) is 0 Å². The monoisotopic (exact) mass is 114 g/mol. The first-order valence-electron chi connectivity index (χ1n) is 2.95. The number of aliphatic hydroxyl groups is 1. The number of allylic oxidation sites excluding steroid dienone is 1. The molecule has 0 aliphatic carbocycles. The average Bonchev–Trinajstić information content (AvgIpc) is 1.61. The Morgan fingerprint density at radius 3 is 2.38 bits per heavy atom. The second kappa shape index (κ2) is 3.67. The van der Waals surface area contributed by atoms with E-state index in [4.69, 9.17) is 5.11 Å². The van der Waals surface area contributed by atoms with Crippen LogP contribution in [-0.4, -0.2) is 11.2 Å². The molecule has 0 bridgehead atoms. The maximum absolute atomic E-state index is 8.76. The molecular formula is C7H14O. The topological polar surface area (TPSA) is 20.2 Å². The van der Waals surface area contributed by atoms with E-state index in [1.807, 2.05) is 6.92 Å². The van der Waals surface area contributed by atoms with Crippen LogP contribution in [0.1, 0.15) is 26.7 Å². The summed E-state index contributed by atoms with van der Waals surface area (Å²) in [7, 11) is 0. The molecular weight excluding hydrogens is 100 g/mol. The minimum atomic E-state index is -0.174. The fourth-order valence-corrected chi connectivity index (χ4v) is 0.455. The normalized spacial score (nSPS) is 13.4. The highest BCUT2D eigenvalue weighted by Gasteiger charge is 1.93. The molecule has 0 aromatic carbocycles. The van der Waals surface area contributed by atoms with Crippen LogP contribution in [0.25, 0.3) is 0 Å². The smallest absolute Gasteiger partial charge is 0.0515 e. The van der Waals surface area contributed by atoms with Gasteiger partial charge in [0.2, 0.25) is 0 Å². The Hall–Kier alpha value is -0.300. The third-order valence-electron chi connectivity index (χ3n) is 0.989. The van der Waals surface area contributed by atoms with E-state index in [1.165, 1.54) is 0 Å². The highest BCUT2D eigenvalue weighted by Crippen LogP contribution is 2.02. The standard InChI is InChI=1S/C7H14O/c1-6(2)4-5-7(3)8/h7-8H,1,4-5H2,2-3H3/t7-/m0/s1. The van der Waals surface area contributed by atoms with Crippen LogP contribution >= 0.6 is 0 Å². The molecule has 0 unspecified atom stereocenters. The third kappa shape index (κ3) is 5.70. The van der Waals surface area contributed by atoms with Gasteiger partial charge >= 0.3 is 0 Å². The van der Waals surface area contributed by atoms with Gasteiger partial charge in [-0.3, -0.25) is 0 Å². The van der Waals surface area contributed by atoms with Gasteiger partial charge in [-0.2, -0.15) is 0 Å². The number of rotatable bonds is 3. The molecule has 0 aromatic heterocycles. The Kier molecular flexibility index (Phi) is 3.53. The van der Waals surface area contributed by atoms with Crippen LogP contribution in [0.4, 0.5) is 0 Å². The van der Waals surface area contributed by atoms with Crippen LogP contribution in [0.2, 0.25) is 0 Å². The van der Waals surface area contributed by atoms with Gasteiger partial charge in [-0.15, -0.1) is 6.58 Å². The summed E-state index contributed by atoms with van der Waals surface area (Å²) in [6, 6.07) is 0. The third-order valence-corrected chi connectivity index (χ3v) is 0.989. The molecule has 8 heavy (non-hydrogen) atoms. The summed E-state index contributed by atoms with van der Waals surface area (Å²) in [6.45, 7) is 7.49. The van der Waals surface area contributed by atoms with Gasteiger partial charge in [0.25, 0.3) is 0 Å². The van der Waals surface area contributed by atoms with Crippen molar-refractivity contribution in [2.24, 2.45) is 0 Å². The molecule has 1 heteroatoms.